The number of amides is 1. The first-order valence-electron chi connectivity index (χ1n) is 9.80. The number of hydrogen-bond acceptors (Lipinski definition) is 6. The van der Waals surface area contributed by atoms with Gasteiger partial charge in [-0.3, -0.25) is 9.59 Å². The van der Waals surface area contributed by atoms with Crippen LogP contribution >= 0.6 is 11.8 Å². The smallest absolute Gasteiger partial charge is 0.324 e. The van der Waals surface area contributed by atoms with Gasteiger partial charge in [0.1, 0.15) is 6.04 Å². The van der Waals surface area contributed by atoms with Crippen LogP contribution < -0.4 is 4.72 Å². The Bertz CT molecular complexity index is 952. The maximum absolute atomic E-state index is 12.6. The normalized spacial score (nSPS) is 13.3. The van der Waals surface area contributed by atoms with E-state index in [0.717, 1.165) is 5.56 Å². The third kappa shape index (κ3) is 7.37. The second-order valence-corrected chi connectivity index (χ2v) is 9.67. The van der Waals surface area contributed by atoms with Crippen LogP contribution in [0.5, 0.6) is 0 Å². The van der Waals surface area contributed by atoms with Crippen LogP contribution in [-0.4, -0.2) is 56.9 Å². The maximum atomic E-state index is 12.6. The molecule has 0 bridgehead atoms. The quantitative estimate of drug-likeness (QED) is 0.514. The van der Waals surface area contributed by atoms with E-state index in [0.29, 0.717) is 5.75 Å². The number of benzene rings is 2. The van der Waals surface area contributed by atoms with Gasteiger partial charge in [-0.1, -0.05) is 48.5 Å². The molecule has 0 saturated heterocycles. The van der Waals surface area contributed by atoms with E-state index >= 15 is 0 Å². The van der Waals surface area contributed by atoms with E-state index in [-0.39, 0.29) is 23.3 Å². The van der Waals surface area contributed by atoms with Crippen LogP contribution in [0.1, 0.15) is 24.9 Å². The van der Waals surface area contributed by atoms with Crippen molar-refractivity contribution in [2.24, 2.45) is 0 Å². The molecule has 0 aliphatic heterocycles. The first-order chi connectivity index (χ1) is 14.8. The van der Waals surface area contributed by atoms with Crippen molar-refractivity contribution >= 4 is 33.7 Å². The van der Waals surface area contributed by atoms with Gasteiger partial charge >= 0.3 is 5.97 Å². The molecule has 1 amide bonds. The lowest BCUT2D eigenvalue weighted by Gasteiger charge is -2.25. The third-order valence-corrected chi connectivity index (χ3v) is 6.97. The molecule has 0 heterocycles. The van der Waals surface area contributed by atoms with Gasteiger partial charge in [-0.2, -0.15) is 16.5 Å². The van der Waals surface area contributed by atoms with Crippen molar-refractivity contribution < 1.29 is 22.7 Å². The topological polar surface area (TPSA) is 92.8 Å². The zero-order chi connectivity index (χ0) is 22.9. The molecule has 168 valence electrons. The highest BCUT2D eigenvalue weighted by atomic mass is 32.2. The fourth-order valence-electron chi connectivity index (χ4n) is 2.82. The molecule has 0 aliphatic carbocycles. The molecule has 1 N–H and O–H groups in total. The Labute approximate surface area is 188 Å². The van der Waals surface area contributed by atoms with Crippen LogP contribution in [0.15, 0.2) is 65.6 Å². The molecule has 2 atom stereocenters. The lowest BCUT2D eigenvalue weighted by Crippen LogP contribution is -2.43. The van der Waals surface area contributed by atoms with E-state index in [1.165, 1.54) is 28.8 Å². The average Bonchev–Trinajstić information content (AvgIpc) is 2.80. The minimum atomic E-state index is -3.89. The molecule has 0 aromatic heterocycles. The molecular weight excluding hydrogens is 436 g/mol. The first kappa shape index (κ1) is 24.9. The van der Waals surface area contributed by atoms with Crippen LogP contribution in [0.4, 0.5) is 0 Å². The molecule has 0 aliphatic rings. The van der Waals surface area contributed by atoms with Gasteiger partial charge in [-0.25, -0.2) is 8.42 Å². The fourth-order valence-corrected chi connectivity index (χ4v) is 4.53. The Hall–Kier alpha value is -2.36. The zero-order valence-electron chi connectivity index (χ0n) is 17.9. The van der Waals surface area contributed by atoms with Crippen LogP contribution in [-0.2, 0) is 24.3 Å². The van der Waals surface area contributed by atoms with Gasteiger partial charge in [0.15, 0.2) is 6.61 Å². The Morgan fingerprint density at radius 2 is 1.65 bits per heavy atom. The molecule has 7 nitrogen and oxygen atoms in total. The van der Waals surface area contributed by atoms with Gasteiger partial charge in [0.2, 0.25) is 10.0 Å². The van der Waals surface area contributed by atoms with Gasteiger partial charge in [0.25, 0.3) is 5.91 Å². The summed E-state index contributed by atoms with van der Waals surface area (Å²) in [4.78, 5) is 26.7. The highest BCUT2D eigenvalue weighted by molar-refractivity contribution is 7.98. The number of hydrogen-bond donors (Lipinski definition) is 1. The first-order valence-corrected chi connectivity index (χ1v) is 12.7. The molecule has 2 rings (SSSR count). The molecular formula is C22H28N2O5S2. The predicted octanol–water partition coefficient (Wildman–Crippen LogP) is 2.85. The highest BCUT2D eigenvalue weighted by Gasteiger charge is 2.28. The lowest BCUT2D eigenvalue weighted by atomic mass is 10.1. The number of carbonyl (C=O) groups is 2. The van der Waals surface area contributed by atoms with E-state index in [9.17, 15) is 18.0 Å². The van der Waals surface area contributed by atoms with E-state index in [2.05, 4.69) is 4.72 Å². The van der Waals surface area contributed by atoms with Crippen molar-refractivity contribution in [3.8, 4) is 0 Å². The van der Waals surface area contributed by atoms with Gasteiger partial charge in [-0.15, -0.1) is 0 Å². The number of esters is 1. The van der Waals surface area contributed by atoms with Crippen LogP contribution in [0.3, 0.4) is 0 Å². The summed E-state index contributed by atoms with van der Waals surface area (Å²) in [6.07, 6.45) is 2.11. The van der Waals surface area contributed by atoms with Crippen molar-refractivity contribution in [2.75, 3.05) is 25.7 Å². The largest absolute Gasteiger partial charge is 0.454 e. The molecule has 0 saturated carbocycles. The minimum Gasteiger partial charge on any atom is -0.454 e. The summed E-state index contributed by atoms with van der Waals surface area (Å²) in [7, 11) is -2.26. The number of sulfonamides is 1. The van der Waals surface area contributed by atoms with Gasteiger partial charge < -0.3 is 9.64 Å². The number of thioether (sulfide) groups is 1. The zero-order valence-corrected chi connectivity index (χ0v) is 19.5. The number of nitrogens with zero attached hydrogens (tertiary/aromatic N) is 1. The second-order valence-electron chi connectivity index (χ2n) is 6.97. The van der Waals surface area contributed by atoms with Crippen molar-refractivity contribution in [2.45, 2.75) is 30.3 Å². The SMILES string of the molecule is CSCCC(NS(=O)(=O)c1ccccc1)C(=O)OCC(=O)N(C)C(C)c1ccccc1. The molecule has 2 unspecified atom stereocenters. The summed E-state index contributed by atoms with van der Waals surface area (Å²) in [6, 6.07) is 16.0. The monoisotopic (exact) mass is 464 g/mol. The Morgan fingerprint density at radius 3 is 2.23 bits per heavy atom. The highest BCUT2D eigenvalue weighted by Crippen LogP contribution is 2.18. The molecule has 0 spiro atoms. The average molecular weight is 465 g/mol. The van der Waals surface area contributed by atoms with Crippen molar-refractivity contribution in [1.82, 2.24) is 9.62 Å². The van der Waals surface area contributed by atoms with Crippen molar-refractivity contribution in [3.63, 3.8) is 0 Å². The summed E-state index contributed by atoms with van der Waals surface area (Å²) < 4.78 is 32.8. The predicted molar refractivity (Wildman–Crippen MR) is 122 cm³/mol. The standard InChI is InChI=1S/C22H28N2O5S2/c1-17(18-10-6-4-7-11-18)24(2)21(25)16-29-22(26)20(14-15-30-3)23-31(27,28)19-12-8-5-9-13-19/h4-13,17,20,23H,14-16H2,1-3H3. The molecule has 31 heavy (non-hydrogen) atoms. The molecule has 0 fully saturated rings. The summed E-state index contributed by atoms with van der Waals surface area (Å²) in [5.41, 5.74) is 0.957. The van der Waals surface area contributed by atoms with Crippen molar-refractivity contribution in [3.05, 3.63) is 66.2 Å². The Balaban J connectivity index is 2.01. The Morgan fingerprint density at radius 1 is 1.06 bits per heavy atom. The van der Waals surface area contributed by atoms with E-state index in [4.69, 9.17) is 4.74 Å². The van der Waals surface area contributed by atoms with Gasteiger partial charge in [0.05, 0.1) is 10.9 Å². The number of rotatable bonds is 11. The van der Waals surface area contributed by atoms with Gasteiger partial charge in [0, 0.05) is 7.05 Å². The summed E-state index contributed by atoms with van der Waals surface area (Å²) >= 11 is 1.48. The molecule has 2 aromatic rings. The summed E-state index contributed by atoms with van der Waals surface area (Å²) in [6.45, 7) is 1.42. The molecule has 9 heteroatoms. The minimum absolute atomic E-state index is 0.0597. The van der Waals surface area contributed by atoms with Crippen LogP contribution in [0, 0.1) is 0 Å². The number of ether oxygens (including phenoxy) is 1. The molecule has 2 aromatic carbocycles. The Kier molecular flexibility index (Phi) is 9.54. The summed E-state index contributed by atoms with van der Waals surface area (Å²) in [5.74, 6) is -0.599. The van der Waals surface area contributed by atoms with E-state index in [1.807, 2.05) is 43.5 Å². The lowest BCUT2D eigenvalue weighted by molar-refractivity contribution is -0.153. The maximum Gasteiger partial charge on any atom is 0.324 e. The fraction of sp³-hybridized carbons (Fsp3) is 0.364. The number of nitrogens with one attached hydrogen (secondary N) is 1. The second kappa shape index (κ2) is 11.9. The third-order valence-electron chi connectivity index (χ3n) is 4.84. The summed E-state index contributed by atoms with van der Waals surface area (Å²) in [5, 5.41) is 0. The van der Waals surface area contributed by atoms with E-state index < -0.39 is 28.6 Å². The van der Waals surface area contributed by atoms with E-state index in [1.54, 1.807) is 25.2 Å². The number of carbonyl (C=O) groups excluding carboxylic acids is 2. The van der Waals surface area contributed by atoms with Crippen LogP contribution in [0.2, 0.25) is 0 Å². The van der Waals surface area contributed by atoms with Crippen molar-refractivity contribution in [1.29, 1.82) is 0 Å². The molecule has 0 radical (unpaired) electrons. The van der Waals surface area contributed by atoms with Gasteiger partial charge in [-0.05, 0) is 43.0 Å². The van der Waals surface area contributed by atoms with Crippen LogP contribution in [0.25, 0.3) is 0 Å². The number of likely N-dealkylation sites (N-methyl/N-ethyl adjacent to an activating group) is 1.